The number of nitrogens with one attached hydrogen (secondary N) is 1. The Morgan fingerprint density at radius 3 is 2.58 bits per heavy atom. The number of esters is 1. The highest BCUT2D eigenvalue weighted by Gasteiger charge is 2.36. The third kappa shape index (κ3) is 4.85. The summed E-state index contributed by atoms with van der Waals surface area (Å²) in [6.45, 7) is 4.14. The molecule has 8 heteroatoms. The monoisotopic (exact) mass is 451 g/mol. The van der Waals surface area contributed by atoms with E-state index < -0.39 is 5.69 Å². The smallest absolute Gasteiger partial charge is 0.328 e. The quantitative estimate of drug-likeness (QED) is 0.555. The molecule has 174 valence electrons. The Bertz CT molecular complexity index is 1230. The number of aromatic nitrogens is 2. The van der Waals surface area contributed by atoms with Gasteiger partial charge in [-0.25, -0.2) is 4.79 Å². The zero-order chi connectivity index (χ0) is 23.4. The molecule has 1 N–H and O–H groups in total. The van der Waals surface area contributed by atoms with Crippen molar-refractivity contribution in [2.24, 2.45) is 5.92 Å². The molecule has 3 aromatic rings. The van der Waals surface area contributed by atoms with Crippen LogP contribution in [0.2, 0.25) is 0 Å². The molecule has 1 saturated heterocycles. The van der Waals surface area contributed by atoms with Gasteiger partial charge in [-0.1, -0.05) is 24.3 Å². The fourth-order valence-corrected chi connectivity index (χ4v) is 4.60. The third-order valence-electron chi connectivity index (χ3n) is 6.36. The highest BCUT2D eigenvalue weighted by Crippen LogP contribution is 2.34. The van der Waals surface area contributed by atoms with Crippen LogP contribution in [-0.4, -0.2) is 53.8 Å². The van der Waals surface area contributed by atoms with Gasteiger partial charge in [-0.3, -0.25) is 14.2 Å². The molecule has 2 heterocycles. The Labute approximate surface area is 191 Å². The van der Waals surface area contributed by atoms with Gasteiger partial charge < -0.3 is 19.4 Å². The van der Waals surface area contributed by atoms with Crippen LogP contribution < -0.4 is 16.0 Å². The van der Waals surface area contributed by atoms with Gasteiger partial charge in [0.05, 0.1) is 30.5 Å². The van der Waals surface area contributed by atoms with Crippen LogP contribution in [0.1, 0.15) is 24.8 Å². The number of fused-ring (bicyclic) bond motifs is 1. The number of carbonyl (C=O) groups is 1. The van der Waals surface area contributed by atoms with Gasteiger partial charge in [-0.05, 0) is 55.6 Å². The largest absolute Gasteiger partial charge is 0.497 e. The number of likely N-dealkylation sites (tertiary alicyclic amines) is 1. The van der Waals surface area contributed by atoms with Gasteiger partial charge in [0.1, 0.15) is 5.75 Å². The van der Waals surface area contributed by atoms with E-state index in [0.717, 1.165) is 24.3 Å². The first-order valence-electron chi connectivity index (χ1n) is 11.3. The van der Waals surface area contributed by atoms with Crippen LogP contribution in [0.15, 0.2) is 58.1 Å². The first kappa shape index (κ1) is 22.8. The van der Waals surface area contributed by atoms with Gasteiger partial charge in [0.15, 0.2) is 0 Å². The number of piperidine rings is 1. The predicted molar refractivity (Wildman–Crippen MR) is 126 cm³/mol. The predicted octanol–water partition coefficient (Wildman–Crippen LogP) is 2.37. The number of nitrogens with zero attached hydrogens (tertiary/aromatic N) is 2. The highest BCUT2D eigenvalue weighted by atomic mass is 16.5. The molecule has 0 radical (unpaired) electrons. The lowest BCUT2D eigenvalue weighted by molar-refractivity contribution is -0.150. The van der Waals surface area contributed by atoms with E-state index >= 15 is 0 Å². The number of rotatable bonds is 7. The van der Waals surface area contributed by atoms with Crippen molar-refractivity contribution in [1.29, 1.82) is 0 Å². The second kappa shape index (κ2) is 10.0. The van der Waals surface area contributed by atoms with Crippen molar-refractivity contribution >= 4 is 16.9 Å². The van der Waals surface area contributed by atoms with Gasteiger partial charge >= 0.3 is 11.7 Å². The number of para-hydroxylation sites is 1. The standard InChI is InChI=1S/C25H29N3O5/c1-3-33-24(30)21-16-27(13-12-19(21)17-8-10-18(32-2)11-9-17)14-15-28-23(29)20-6-4-5-7-22(20)26-25(28)31/h4-11,19,21H,3,12-16H2,1-2H3,(H,26,31)/t19-,21-/m0/s1. The van der Waals surface area contributed by atoms with Crippen LogP contribution >= 0.6 is 0 Å². The average molecular weight is 452 g/mol. The highest BCUT2D eigenvalue weighted by molar-refractivity contribution is 5.77. The van der Waals surface area contributed by atoms with Crippen LogP contribution in [0.25, 0.3) is 10.9 Å². The number of ether oxygens (including phenoxy) is 2. The zero-order valence-electron chi connectivity index (χ0n) is 19.0. The Hall–Kier alpha value is -3.39. The molecule has 0 unspecified atom stereocenters. The minimum atomic E-state index is -0.422. The normalized spacial score (nSPS) is 18.8. The Balaban J connectivity index is 1.51. The van der Waals surface area contributed by atoms with E-state index in [2.05, 4.69) is 9.88 Å². The number of carbonyl (C=O) groups excluding carboxylic acids is 1. The van der Waals surface area contributed by atoms with Crippen molar-refractivity contribution in [3.8, 4) is 5.75 Å². The molecule has 0 saturated carbocycles. The van der Waals surface area contributed by atoms with E-state index in [1.54, 1.807) is 38.3 Å². The molecule has 2 atom stereocenters. The molecule has 1 aliphatic rings. The lowest BCUT2D eigenvalue weighted by Gasteiger charge is -2.37. The fraction of sp³-hybridized carbons (Fsp3) is 0.400. The van der Waals surface area contributed by atoms with Crippen LogP contribution in [0.5, 0.6) is 5.75 Å². The molecular weight excluding hydrogens is 422 g/mol. The summed E-state index contributed by atoms with van der Waals surface area (Å²) < 4.78 is 11.9. The molecule has 2 aromatic carbocycles. The molecule has 1 aromatic heterocycles. The number of hydrogen-bond donors (Lipinski definition) is 1. The van der Waals surface area contributed by atoms with Crippen LogP contribution in [0.3, 0.4) is 0 Å². The maximum absolute atomic E-state index is 12.8. The van der Waals surface area contributed by atoms with Crippen molar-refractivity contribution in [2.75, 3.05) is 33.4 Å². The van der Waals surface area contributed by atoms with Crippen LogP contribution in [0, 0.1) is 5.92 Å². The molecule has 4 rings (SSSR count). The topological polar surface area (TPSA) is 93.6 Å². The number of hydrogen-bond acceptors (Lipinski definition) is 6. The summed E-state index contributed by atoms with van der Waals surface area (Å²) in [6.07, 6.45) is 0.777. The van der Waals surface area contributed by atoms with Gasteiger partial charge in [0, 0.05) is 19.6 Å². The van der Waals surface area contributed by atoms with Crippen molar-refractivity contribution in [3.05, 3.63) is 74.9 Å². The van der Waals surface area contributed by atoms with E-state index in [9.17, 15) is 14.4 Å². The summed E-state index contributed by atoms with van der Waals surface area (Å²) in [5.74, 6) is 0.273. The molecule has 0 aliphatic carbocycles. The summed E-state index contributed by atoms with van der Waals surface area (Å²) >= 11 is 0. The molecular formula is C25H29N3O5. The molecule has 0 amide bonds. The molecule has 33 heavy (non-hydrogen) atoms. The number of aromatic amines is 1. The van der Waals surface area contributed by atoms with E-state index in [0.29, 0.717) is 30.6 Å². The lowest BCUT2D eigenvalue weighted by atomic mass is 9.80. The third-order valence-corrected chi connectivity index (χ3v) is 6.36. The Kier molecular flexibility index (Phi) is 6.93. The fourth-order valence-electron chi connectivity index (χ4n) is 4.60. The minimum absolute atomic E-state index is 0.0398. The van der Waals surface area contributed by atoms with E-state index in [1.165, 1.54) is 4.57 Å². The van der Waals surface area contributed by atoms with Gasteiger partial charge in [-0.15, -0.1) is 0 Å². The van der Waals surface area contributed by atoms with Crippen LogP contribution in [0.4, 0.5) is 0 Å². The average Bonchev–Trinajstić information content (AvgIpc) is 2.84. The van der Waals surface area contributed by atoms with Gasteiger partial charge in [-0.2, -0.15) is 0 Å². The summed E-state index contributed by atoms with van der Waals surface area (Å²) in [4.78, 5) is 43.0. The number of methoxy groups -OCH3 is 1. The van der Waals surface area contributed by atoms with Crippen LogP contribution in [-0.2, 0) is 16.1 Å². The minimum Gasteiger partial charge on any atom is -0.497 e. The summed E-state index contributed by atoms with van der Waals surface area (Å²) in [7, 11) is 1.63. The summed E-state index contributed by atoms with van der Waals surface area (Å²) in [5, 5.41) is 0.486. The molecule has 8 nitrogen and oxygen atoms in total. The first-order valence-corrected chi connectivity index (χ1v) is 11.3. The maximum atomic E-state index is 12.8. The SMILES string of the molecule is CCOC(=O)[C@H]1CN(CCn2c(=O)[nH]c3ccccc3c2=O)CC[C@H]1c1ccc(OC)cc1. The van der Waals surface area contributed by atoms with Crippen molar-refractivity contribution in [1.82, 2.24) is 14.5 Å². The molecule has 0 bridgehead atoms. The zero-order valence-corrected chi connectivity index (χ0v) is 19.0. The van der Waals surface area contributed by atoms with E-state index in [1.807, 2.05) is 24.3 Å². The Morgan fingerprint density at radius 1 is 1.09 bits per heavy atom. The van der Waals surface area contributed by atoms with E-state index in [-0.39, 0.29) is 29.9 Å². The molecule has 0 spiro atoms. The van der Waals surface area contributed by atoms with E-state index in [4.69, 9.17) is 9.47 Å². The first-order chi connectivity index (χ1) is 16.0. The molecule has 1 aliphatic heterocycles. The van der Waals surface area contributed by atoms with Crippen molar-refractivity contribution in [2.45, 2.75) is 25.8 Å². The van der Waals surface area contributed by atoms with Gasteiger partial charge in [0.2, 0.25) is 0 Å². The second-order valence-electron chi connectivity index (χ2n) is 8.26. The number of benzene rings is 2. The Morgan fingerprint density at radius 2 is 1.85 bits per heavy atom. The number of H-pyrrole nitrogens is 1. The summed E-state index contributed by atoms with van der Waals surface area (Å²) in [6, 6.07) is 14.8. The lowest BCUT2D eigenvalue weighted by Crippen LogP contribution is -2.46. The molecule has 1 fully saturated rings. The van der Waals surface area contributed by atoms with Crippen molar-refractivity contribution < 1.29 is 14.3 Å². The van der Waals surface area contributed by atoms with Gasteiger partial charge in [0.25, 0.3) is 5.56 Å². The van der Waals surface area contributed by atoms with Crippen molar-refractivity contribution in [3.63, 3.8) is 0 Å². The summed E-state index contributed by atoms with van der Waals surface area (Å²) in [5.41, 5.74) is 0.889. The second-order valence-corrected chi connectivity index (χ2v) is 8.26. The maximum Gasteiger partial charge on any atom is 0.328 e.